The number of nitrogens with zero attached hydrogens (tertiary/aromatic N) is 3. The Hall–Kier alpha value is -1.62. The summed E-state index contributed by atoms with van der Waals surface area (Å²) in [6, 6.07) is 3.96. The molecule has 0 amide bonds. The van der Waals surface area contributed by atoms with Gasteiger partial charge in [-0.05, 0) is 25.6 Å². The molecular formula is C13H19N3O2. The fourth-order valence-electron chi connectivity index (χ4n) is 2.32. The summed E-state index contributed by atoms with van der Waals surface area (Å²) < 4.78 is 0. The van der Waals surface area contributed by atoms with E-state index >= 15 is 0 Å². The van der Waals surface area contributed by atoms with Crippen LogP contribution in [0.25, 0.3) is 0 Å². The van der Waals surface area contributed by atoms with Crippen molar-refractivity contribution in [2.24, 2.45) is 0 Å². The van der Waals surface area contributed by atoms with Gasteiger partial charge in [-0.1, -0.05) is 6.92 Å². The molecule has 1 unspecified atom stereocenters. The van der Waals surface area contributed by atoms with Crippen molar-refractivity contribution in [2.75, 3.05) is 31.6 Å². The topological polar surface area (TPSA) is 56.7 Å². The summed E-state index contributed by atoms with van der Waals surface area (Å²) in [6.07, 6.45) is 2.77. The Morgan fingerprint density at radius 2 is 2.28 bits per heavy atom. The smallest absolute Gasteiger partial charge is 0.354 e. The number of hydrogen-bond acceptors (Lipinski definition) is 4. The van der Waals surface area contributed by atoms with Gasteiger partial charge in [0.2, 0.25) is 0 Å². The van der Waals surface area contributed by atoms with Gasteiger partial charge in [0.1, 0.15) is 5.69 Å². The molecule has 0 radical (unpaired) electrons. The van der Waals surface area contributed by atoms with Crippen LogP contribution in [0.3, 0.4) is 0 Å². The lowest BCUT2D eigenvalue weighted by atomic mass is 10.1. The SMILES string of the molecule is CCC1CN(c2ccc(C(=O)O)nc2)CCN1C. The molecule has 1 N–H and O–H groups in total. The molecule has 0 bridgehead atoms. The average molecular weight is 249 g/mol. The van der Waals surface area contributed by atoms with Gasteiger partial charge in [-0.15, -0.1) is 0 Å². The summed E-state index contributed by atoms with van der Waals surface area (Å²) in [5.41, 5.74) is 1.10. The summed E-state index contributed by atoms with van der Waals surface area (Å²) >= 11 is 0. The number of rotatable bonds is 3. The van der Waals surface area contributed by atoms with E-state index in [1.807, 2.05) is 6.07 Å². The van der Waals surface area contributed by atoms with Crippen molar-refractivity contribution in [1.29, 1.82) is 0 Å². The van der Waals surface area contributed by atoms with Crippen LogP contribution >= 0.6 is 0 Å². The van der Waals surface area contributed by atoms with Crippen LogP contribution in [0.15, 0.2) is 18.3 Å². The summed E-state index contributed by atoms with van der Waals surface area (Å²) in [7, 11) is 2.15. The van der Waals surface area contributed by atoms with E-state index in [2.05, 4.69) is 28.8 Å². The Labute approximate surface area is 107 Å². The first-order chi connectivity index (χ1) is 8.61. The molecule has 18 heavy (non-hydrogen) atoms. The molecule has 1 aromatic heterocycles. The van der Waals surface area contributed by atoms with E-state index in [0.717, 1.165) is 31.7 Å². The number of carbonyl (C=O) groups is 1. The summed E-state index contributed by atoms with van der Waals surface area (Å²) in [6.45, 7) is 5.15. The first kappa shape index (κ1) is 12.8. The van der Waals surface area contributed by atoms with Gasteiger partial charge in [0.25, 0.3) is 0 Å². The minimum atomic E-state index is -0.980. The number of carboxylic acids is 1. The van der Waals surface area contributed by atoms with Gasteiger partial charge < -0.3 is 10.0 Å². The van der Waals surface area contributed by atoms with Crippen LogP contribution in [0.4, 0.5) is 5.69 Å². The quantitative estimate of drug-likeness (QED) is 0.875. The zero-order valence-electron chi connectivity index (χ0n) is 10.8. The second-order valence-corrected chi connectivity index (χ2v) is 4.70. The highest BCUT2D eigenvalue weighted by Gasteiger charge is 2.23. The number of aromatic nitrogens is 1. The molecule has 1 fully saturated rings. The molecule has 2 rings (SSSR count). The number of hydrogen-bond donors (Lipinski definition) is 1. The fraction of sp³-hybridized carbons (Fsp3) is 0.538. The minimum absolute atomic E-state index is 0.0971. The van der Waals surface area contributed by atoms with Crippen LogP contribution in [-0.4, -0.2) is 53.7 Å². The number of anilines is 1. The highest BCUT2D eigenvalue weighted by Crippen LogP contribution is 2.19. The first-order valence-electron chi connectivity index (χ1n) is 6.26. The first-order valence-corrected chi connectivity index (χ1v) is 6.26. The Bertz CT molecular complexity index is 419. The third-order valence-electron chi connectivity index (χ3n) is 3.58. The minimum Gasteiger partial charge on any atom is -0.477 e. The fourth-order valence-corrected chi connectivity index (χ4v) is 2.32. The van der Waals surface area contributed by atoms with Crippen LogP contribution < -0.4 is 4.90 Å². The average Bonchev–Trinajstić information content (AvgIpc) is 2.39. The lowest BCUT2D eigenvalue weighted by molar-refractivity contribution is 0.0690. The molecular weight excluding hydrogens is 230 g/mol. The molecule has 5 heteroatoms. The Balaban J connectivity index is 2.09. The molecule has 2 heterocycles. The zero-order chi connectivity index (χ0) is 13.1. The monoisotopic (exact) mass is 249 g/mol. The van der Waals surface area contributed by atoms with Crippen LogP contribution in [0.2, 0.25) is 0 Å². The van der Waals surface area contributed by atoms with Crippen LogP contribution in [0.5, 0.6) is 0 Å². The Morgan fingerprint density at radius 3 is 2.83 bits per heavy atom. The van der Waals surface area contributed by atoms with Gasteiger partial charge in [-0.3, -0.25) is 4.90 Å². The van der Waals surface area contributed by atoms with Gasteiger partial charge in [-0.2, -0.15) is 0 Å². The summed E-state index contributed by atoms with van der Waals surface area (Å²) in [4.78, 5) is 19.4. The summed E-state index contributed by atoms with van der Waals surface area (Å²) in [5.74, 6) is -0.980. The molecule has 0 spiro atoms. The van der Waals surface area contributed by atoms with E-state index in [1.54, 1.807) is 12.3 Å². The molecule has 1 aliphatic rings. The molecule has 1 aliphatic heterocycles. The molecule has 0 aromatic carbocycles. The van der Waals surface area contributed by atoms with E-state index < -0.39 is 5.97 Å². The Morgan fingerprint density at radius 1 is 1.50 bits per heavy atom. The van der Waals surface area contributed by atoms with Crippen molar-refractivity contribution in [3.8, 4) is 0 Å². The van der Waals surface area contributed by atoms with Crippen LogP contribution in [-0.2, 0) is 0 Å². The van der Waals surface area contributed by atoms with E-state index in [0.29, 0.717) is 6.04 Å². The molecule has 5 nitrogen and oxygen atoms in total. The largest absolute Gasteiger partial charge is 0.477 e. The number of piperazine rings is 1. The van der Waals surface area contributed by atoms with Gasteiger partial charge in [0.15, 0.2) is 0 Å². The lowest BCUT2D eigenvalue weighted by Gasteiger charge is -2.40. The molecule has 98 valence electrons. The van der Waals surface area contributed by atoms with Crippen molar-refractivity contribution < 1.29 is 9.90 Å². The van der Waals surface area contributed by atoms with Crippen molar-refractivity contribution in [3.05, 3.63) is 24.0 Å². The predicted molar refractivity (Wildman–Crippen MR) is 70.1 cm³/mol. The third-order valence-corrected chi connectivity index (χ3v) is 3.58. The van der Waals surface area contributed by atoms with Crippen molar-refractivity contribution >= 4 is 11.7 Å². The van der Waals surface area contributed by atoms with E-state index in [9.17, 15) is 4.79 Å². The van der Waals surface area contributed by atoms with Gasteiger partial charge >= 0.3 is 5.97 Å². The van der Waals surface area contributed by atoms with E-state index in [1.165, 1.54) is 0 Å². The van der Waals surface area contributed by atoms with Crippen molar-refractivity contribution in [3.63, 3.8) is 0 Å². The zero-order valence-corrected chi connectivity index (χ0v) is 10.8. The lowest BCUT2D eigenvalue weighted by Crippen LogP contribution is -2.51. The van der Waals surface area contributed by atoms with Gasteiger partial charge in [0, 0.05) is 25.7 Å². The third kappa shape index (κ3) is 2.61. The van der Waals surface area contributed by atoms with E-state index in [-0.39, 0.29) is 5.69 Å². The standard InChI is InChI=1S/C13H19N3O2/c1-3-10-9-16(7-6-15(10)2)11-4-5-12(13(17)18)14-8-11/h4-5,8,10H,3,6-7,9H2,1-2H3,(H,17,18). The Kier molecular flexibility index (Phi) is 3.81. The van der Waals surface area contributed by atoms with Crippen LogP contribution in [0.1, 0.15) is 23.8 Å². The summed E-state index contributed by atoms with van der Waals surface area (Å²) in [5, 5.41) is 8.82. The van der Waals surface area contributed by atoms with Crippen molar-refractivity contribution in [2.45, 2.75) is 19.4 Å². The highest BCUT2D eigenvalue weighted by atomic mass is 16.4. The molecule has 1 saturated heterocycles. The highest BCUT2D eigenvalue weighted by molar-refractivity contribution is 5.85. The maximum Gasteiger partial charge on any atom is 0.354 e. The normalized spacial score (nSPS) is 21.0. The van der Waals surface area contributed by atoms with Gasteiger partial charge in [0.05, 0.1) is 11.9 Å². The number of aromatic carboxylic acids is 1. The molecule has 1 atom stereocenters. The van der Waals surface area contributed by atoms with Crippen molar-refractivity contribution in [1.82, 2.24) is 9.88 Å². The number of carboxylic acid groups (broad SMARTS) is 1. The maximum atomic E-state index is 10.7. The van der Waals surface area contributed by atoms with Crippen LogP contribution in [0, 0.1) is 0 Å². The molecule has 1 aromatic rings. The van der Waals surface area contributed by atoms with Gasteiger partial charge in [-0.25, -0.2) is 9.78 Å². The molecule has 0 saturated carbocycles. The maximum absolute atomic E-state index is 10.7. The second-order valence-electron chi connectivity index (χ2n) is 4.70. The second kappa shape index (κ2) is 5.35. The number of likely N-dealkylation sites (N-methyl/N-ethyl adjacent to an activating group) is 1. The predicted octanol–water partition coefficient (Wildman–Crippen LogP) is 1.31. The molecule has 0 aliphatic carbocycles. The number of pyridine rings is 1. The van der Waals surface area contributed by atoms with E-state index in [4.69, 9.17) is 5.11 Å².